The maximum Gasteiger partial charge on any atom is 0.259 e. The highest BCUT2D eigenvalue weighted by Gasteiger charge is 2.34. The molecular formula is C21H18N2O5. The molecule has 1 aromatic heterocycles. The number of benzene rings is 2. The van der Waals surface area contributed by atoms with Crippen LogP contribution in [-0.4, -0.2) is 38.1 Å². The zero-order valence-corrected chi connectivity index (χ0v) is 15.6. The fourth-order valence-electron chi connectivity index (χ4n) is 3.49. The summed E-state index contributed by atoms with van der Waals surface area (Å²) in [4.78, 5) is 28.5. The number of aromatic nitrogens is 1. The summed E-state index contributed by atoms with van der Waals surface area (Å²) in [5.41, 5.74) is 2.59. The second kappa shape index (κ2) is 6.77. The molecule has 2 amide bonds. The van der Waals surface area contributed by atoms with Gasteiger partial charge in [0.2, 0.25) is 5.75 Å². The number of amides is 2. The summed E-state index contributed by atoms with van der Waals surface area (Å²) < 4.78 is 16.1. The van der Waals surface area contributed by atoms with E-state index in [1.807, 2.05) is 24.3 Å². The highest BCUT2D eigenvalue weighted by Crippen LogP contribution is 2.42. The quantitative estimate of drug-likeness (QED) is 0.668. The van der Waals surface area contributed by atoms with Crippen LogP contribution in [0.3, 0.4) is 0 Å². The highest BCUT2D eigenvalue weighted by molar-refractivity contribution is 6.50. The Balaban J connectivity index is 2.00. The number of hydrogen-bond donors (Lipinski definition) is 2. The number of hydrogen-bond acceptors (Lipinski definition) is 5. The van der Waals surface area contributed by atoms with Gasteiger partial charge in [-0.25, -0.2) is 0 Å². The van der Waals surface area contributed by atoms with Crippen molar-refractivity contribution in [3.05, 3.63) is 53.7 Å². The van der Waals surface area contributed by atoms with Gasteiger partial charge < -0.3 is 19.2 Å². The second-order valence-corrected chi connectivity index (χ2v) is 6.20. The summed E-state index contributed by atoms with van der Waals surface area (Å²) in [7, 11) is 4.49. The summed E-state index contributed by atoms with van der Waals surface area (Å²) in [5.74, 6) is 0.287. The topological polar surface area (TPSA) is 89.7 Å². The number of methoxy groups -OCH3 is 3. The molecule has 7 heteroatoms. The minimum Gasteiger partial charge on any atom is -0.493 e. The Bertz CT molecular complexity index is 1120. The van der Waals surface area contributed by atoms with Crippen LogP contribution >= 0.6 is 0 Å². The van der Waals surface area contributed by atoms with Gasteiger partial charge in [0.05, 0.1) is 32.5 Å². The van der Waals surface area contributed by atoms with Gasteiger partial charge in [-0.3, -0.25) is 14.9 Å². The Labute approximate surface area is 160 Å². The van der Waals surface area contributed by atoms with Gasteiger partial charge in [0.15, 0.2) is 11.5 Å². The molecule has 28 heavy (non-hydrogen) atoms. The Kier molecular flexibility index (Phi) is 4.27. The standard InChI is InChI=1S/C21H18N2O5/c1-26-15-8-11(9-16(27-2)19(15)28-3)17-18(21(25)23-20(17)24)13-10-22-14-7-5-4-6-12(13)14/h4-10,22H,1-3H3,(H,23,24,25)/i3-1. The van der Waals surface area contributed by atoms with Crippen LogP contribution in [0.25, 0.3) is 22.0 Å². The molecule has 1 aliphatic heterocycles. The van der Waals surface area contributed by atoms with Crippen molar-refractivity contribution in [1.29, 1.82) is 0 Å². The zero-order chi connectivity index (χ0) is 19.8. The third-order valence-electron chi connectivity index (χ3n) is 4.74. The van der Waals surface area contributed by atoms with Crippen LogP contribution in [0.4, 0.5) is 0 Å². The minimum atomic E-state index is -0.473. The molecule has 0 saturated heterocycles. The number of H-pyrrole nitrogens is 1. The molecule has 2 aromatic carbocycles. The molecule has 0 spiro atoms. The van der Waals surface area contributed by atoms with Gasteiger partial charge in [0.1, 0.15) is 0 Å². The Morgan fingerprint density at radius 3 is 2.11 bits per heavy atom. The lowest BCUT2D eigenvalue weighted by Crippen LogP contribution is -2.22. The SMILES string of the molecule is COc1cc(C2=C(c3c[nH]c4ccccc34)C(=O)NC2=O)cc(OC)c1O[11CH3]. The molecule has 3 aromatic rings. The Hall–Kier alpha value is -3.74. The molecule has 2 heterocycles. The molecule has 0 aliphatic carbocycles. The average molecular weight is 377 g/mol. The van der Waals surface area contributed by atoms with Crippen molar-refractivity contribution < 1.29 is 23.8 Å². The van der Waals surface area contributed by atoms with Crippen molar-refractivity contribution >= 4 is 33.9 Å². The molecule has 0 bridgehead atoms. The molecule has 0 unspecified atom stereocenters. The number of rotatable bonds is 5. The summed E-state index contributed by atoms with van der Waals surface area (Å²) in [6.07, 6.45) is 1.73. The molecule has 0 saturated carbocycles. The van der Waals surface area contributed by atoms with E-state index >= 15 is 0 Å². The molecule has 7 nitrogen and oxygen atoms in total. The minimum absolute atomic E-state index is 0.258. The predicted octanol–water partition coefficient (Wildman–Crippen LogP) is 2.76. The summed E-state index contributed by atoms with van der Waals surface area (Å²) in [6, 6.07) is 10.9. The van der Waals surface area contributed by atoms with Crippen LogP contribution in [0.15, 0.2) is 42.6 Å². The van der Waals surface area contributed by atoms with Gasteiger partial charge in [0, 0.05) is 22.7 Å². The average Bonchev–Trinajstić information content (AvgIpc) is 3.26. The lowest BCUT2D eigenvalue weighted by molar-refractivity contribution is -0.122. The van der Waals surface area contributed by atoms with Crippen LogP contribution in [0.2, 0.25) is 0 Å². The van der Waals surface area contributed by atoms with Gasteiger partial charge in [0.25, 0.3) is 11.8 Å². The largest absolute Gasteiger partial charge is 0.493 e. The number of imide groups is 1. The number of carbonyl (C=O) groups is 2. The predicted molar refractivity (Wildman–Crippen MR) is 104 cm³/mol. The lowest BCUT2D eigenvalue weighted by Gasteiger charge is -2.14. The van der Waals surface area contributed by atoms with Crippen LogP contribution in [0.5, 0.6) is 17.2 Å². The van der Waals surface area contributed by atoms with E-state index in [0.29, 0.717) is 33.9 Å². The van der Waals surface area contributed by atoms with Crippen molar-refractivity contribution in [3.8, 4) is 17.2 Å². The van der Waals surface area contributed by atoms with E-state index in [2.05, 4.69) is 10.3 Å². The maximum absolute atomic E-state index is 12.7. The van der Waals surface area contributed by atoms with Gasteiger partial charge >= 0.3 is 0 Å². The van der Waals surface area contributed by atoms with E-state index in [1.54, 1.807) is 18.3 Å². The third kappa shape index (κ3) is 2.60. The van der Waals surface area contributed by atoms with Crippen molar-refractivity contribution in [1.82, 2.24) is 10.3 Å². The normalized spacial score (nSPS) is 13.8. The summed E-state index contributed by atoms with van der Waals surface area (Å²) in [6.45, 7) is 0. The van der Waals surface area contributed by atoms with Gasteiger partial charge in [-0.1, -0.05) is 18.2 Å². The van der Waals surface area contributed by atoms with Crippen molar-refractivity contribution in [2.75, 3.05) is 21.3 Å². The van der Waals surface area contributed by atoms with E-state index < -0.39 is 11.8 Å². The number of nitrogens with one attached hydrogen (secondary N) is 2. The Morgan fingerprint density at radius 1 is 0.821 bits per heavy atom. The molecule has 0 atom stereocenters. The molecule has 142 valence electrons. The van der Waals surface area contributed by atoms with Gasteiger partial charge in [-0.05, 0) is 23.8 Å². The molecule has 0 radical (unpaired) electrons. The third-order valence-corrected chi connectivity index (χ3v) is 4.74. The first-order valence-electron chi connectivity index (χ1n) is 8.55. The smallest absolute Gasteiger partial charge is 0.259 e. The highest BCUT2D eigenvalue weighted by atomic mass is 16.5. The maximum atomic E-state index is 12.7. The van der Waals surface area contributed by atoms with E-state index in [9.17, 15) is 9.59 Å². The monoisotopic (exact) mass is 377 g/mol. The number of para-hydroxylation sites is 1. The molecule has 2 N–H and O–H groups in total. The van der Waals surface area contributed by atoms with E-state index in [4.69, 9.17) is 14.2 Å². The van der Waals surface area contributed by atoms with Gasteiger partial charge in [-0.15, -0.1) is 0 Å². The van der Waals surface area contributed by atoms with Crippen LogP contribution in [-0.2, 0) is 9.59 Å². The van der Waals surface area contributed by atoms with E-state index in [1.165, 1.54) is 21.3 Å². The fraction of sp³-hybridized carbons (Fsp3) is 0.143. The summed E-state index contributed by atoms with van der Waals surface area (Å²) in [5, 5.41) is 3.25. The van der Waals surface area contributed by atoms with Crippen LogP contribution in [0, 0.1) is 0 Å². The van der Waals surface area contributed by atoms with Crippen LogP contribution < -0.4 is 19.5 Å². The number of ether oxygens (including phenoxy) is 3. The lowest BCUT2D eigenvalue weighted by atomic mass is 9.95. The second-order valence-electron chi connectivity index (χ2n) is 6.20. The van der Waals surface area contributed by atoms with E-state index in [0.717, 1.165) is 10.9 Å². The first kappa shape index (κ1) is 17.7. The fourth-order valence-corrected chi connectivity index (χ4v) is 3.49. The Morgan fingerprint density at radius 2 is 1.46 bits per heavy atom. The van der Waals surface area contributed by atoms with E-state index in [-0.39, 0.29) is 5.57 Å². The van der Waals surface area contributed by atoms with Gasteiger partial charge in [-0.2, -0.15) is 0 Å². The number of carbonyl (C=O) groups excluding carboxylic acids is 2. The molecule has 1 aliphatic rings. The van der Waals surface area contributed by atoms with Crippen LogP contribution in [0.1, 0.15) is 11.1 Å². The van der Waals surface area contributed by atoms with Crippen molar-refractivity contribution in [3.63, 3.8) is 0 Å². The number of fused-ring (bicyclic) bond motifs is 1. The van der Waals surface area contributed by atoms with Crippen molar-refractivity contribution in [2.24, 2.45) is 0 Å². The summed E-state index contributed by atoms with van der Waals surface area (Å²) >= 11 is 0. The number of aromatic amines is 1. The molecule has 0 fully saturated rings. The zero-order valence-electron chi connectivity index (χ0n) is 15.6. The first-order valence-corrected chi connectivity index (χ1v) is 8.55. The molecular weight excluding hydrogens is 359 g/mol. The molecule has 4 rings (SSSR count). The first-order chi connectivity index (χ1) is 13.6. The van der Waals surface area contributed by atoms with Crippen molar-refractivity contribution in [2.45, 2.75) is 0 Å².